The number of hydrogen-bond acceptors (Lipinski definition) is 3. The van der Waals surface area contributed by atoms with Gasteiger partial charge in [-0.15, -0.1) is 0 Å². The van der Waals surface area contributed by atoms with Gasteiger partial charge in [0.2, 0.25) is 0 Å². The molecule has 5 rings (SSSR count). The van der Waals surface area contributed by atoms with Gasteiger partial charge in [-0.3, -0.25) is 4.68 Å². The lowest BCUT2D eigenvalue weighted by Crippen LogP contribution is -2.50. The molecule has 3 heterocycles. The van der Waals surface area contributed by atoms with E-state index in [2.05, 4.69) is 39.2 Å². The van der Waals surface area contributed by atoms with Crippen LogP contribution in [0.25, 0.3) is 0 Å². The Morgan fingerprint density at radius 2 is 1.63 bits per heavy atom. The largest absolute Gasteiger partial charge is 0.371 e. The molecule has 0 bridgehead atoms. The fourth-order valence-corrected chi connectivity index (χ4v) is 5.25. The topological polar surface area (TPSA) is 24.3 Å². The average Bonchev–Trinajstić information content (AvgIpc) is 3.17. The molecule has 1 aromatic carbocycles. The third kappa shape index (κ3) is 3.64. The summed E-state index contributed by atoms with van der Waals surface area (Å²) in [5.41, 5.74) is 3.34. The molecule has 0 atom stereocenters. The number of nitrogens with zero attached hydrogens (tertiary/aromatic N) is 4. The third-order valence-corrected chi connectivity index (χ3v) is 7.48. The number of rotatable bonds is 4. The molecular weight excluding hydrogens is 332 g/mol. The van der Waals surface area contributed by atoms with E-state index in [4.69, 9.17) is 0 Å². The predicted octanol–water partition coefficient (Wildman–Crippen LogP) is 4.17. The van der Waals surface area contributed by atoms with Gasteiger partial charge in [0.05, 0.1) is 6.54 Å². The van der Waals surface area contributed by atoms with E-state index in [9.17, 15) is 0 Å². The maximum absolute atomic E-state index is 4.30. The van der Waals surface area contributed by atoms with Crippen molar-refractivity contribution < 1.29 is 0 Å². The molecule has 0 unspecified atom stereocenters. The van der Waals surface area contributed by atoms with Crippen molar-refractivity contribution in [3.8, 4) is 0 Å². The van der Waals surface area contributed by atoms with E-state index in [0.717, 1.165) is 12.6 Å². The van der Waals surface area contributed by atoms with Crippen LogP contribution in [-0.2, 0) is 6.54 Å². The quantitative estimate of drug-likeness (QED) is 0.814. The van der Waals surface area contributed by atoms with E-state index >= 15 is 0 Å². The summed E-state index contributed by atoms with van der Waals surface area (Å²) in [4.78, 5) is 5.39. The first-order chi connectivity index (χ1) is 13.3. The van der Waals surface area contributed by atoms with Gasteiger partial charge in [0.25, 0.3) is 0 Å². The van der Waals surface area contributed by atoms with Crippen molar-refractivity contribution in [2.45, 2.75) is 57.5 Å². The molecule has 1 saturated carbocycles. The minimum absolute atomic E-state index is 0.636. The van der Waals surface area contributed by atoms with Crippen LogP contribution in [0.3, 0.4) is 0 Å². The highest BCUT2D eigenvalue weighted by molar-refractivity contribution is 5.48. The Morgan fingerprint density at radius 1 is 0.926 bits per heavy atom. The first-order valence-corrected chi connectivity index (χ1v) is 10.9. The van der Waals surface area contributed by atoms with Gasteiger partial charge in [-0.25, -0.2) is 0 Å². The molecule has 3 fully saturated rings. The lowest BCUT2D eigenvalue weighted by molar-refractivity contribution is 0.0306. The van der Waals surface area contributed by atoms with E-state index < -0.39 is 0 Å². The van der Waals surface area contributed by atoms with Crippen molar-refractivity contribution >= 4 is 5.69 Å². The molecule has 144 valence electrons. The van der Waals surface area contributed by atoms with Crippen LogP contribution in [-0.4, -0.2) is 46.9 Å². The Balaban J connectivity index is 1.15. The summed E-state index contributed by atoms with van der Waals surface area (Å²) in [6.45, 7) is 6.01. The number of aromatic nitrogens is 2. The highest BCUT2D eigenvalue weighted by atomic mass is 15.3. The summed E-state index contributed by atoms with van der Waals surface area (Å²) in [6.07, 6.45) is 13.8. The predicted molar refractivity (Wildman–Crippen MR) is 110 cm³/mol. The third-order valence-electron chi connectivity index (χ3n) is 7.48. The van der Waals surface area contributed by atoms with Crippen molar-refractivity contribution in [2.24, 2.45) is 5.41 Å². The van der Waals surface area contributed by atoms with Crippen molar-refractivity contribution in [2.75, 3.05) is 31.1 Å². The van der Waals surface area contributed by atoms with Crippen LogP contribution in [0.2, 0.25) is 0 Å². The van der Waals surface area contributed by atoms with Crippen LogP contribution in [0.15, 0.2) is 42.7 Å². The Labute approximate surface area is 163 Å². The molecule has 4 heteroatoms. The smallest absolute Gasteiger partial charge is 0.0659 e. The maximum Gasteiger partial charge on any atom is 0.0659 e. The van der Waals surface area contributed by atoms with Crippen LogP contribution in [0.4, 0.5) is 5.69 Å². The molecule has 1 aromatic heterocycles. The summed E-state index contributed by atoms with van der Waals surface area (Å²) < 4.78 is 1.98. The molecule has 1 spiro atoms. The number of benzene rings is 1. The van der Waals surface area contributed by atoms with Gasteiger partial charge < -0.3 is 9.80 Å². The zero-order valence-electron chi connectivity index (χ0n) is 16.4. The SMILES string of the molecule is c1cnn(Cc2ccc(N3CCC4(CC3)CCN(C3CCC3)CC4)cc2)c1. The van der Waals surface area contributed by atoms with Gasteiger partial charge in [0.1, 0.15) is 0 Å². The average molecular weight is 365 g/mol. The Morgan fingerprint density at radius 3 is 2.22 bits per heavy atom. The van der Waals surface area contributed by atoms with Crippen LogP contribution in [0.5, 0.6) is 0 Å². The zero-order valence-corrected chi connectivity index (χ0v) is 16.4. The number of piperidine rings is 2. The molecule has 3 aliphatic rings. The van der Waals surface area contributed by atoms with Gasteiger partial charge in [-0.1, -0.05) is 18.6 Å². The molecule has 4 nitrogen and oxygen atoms in total. The highest BCUT2D eigenvalue weighted by Crippen LogP contribution is 2.43. The second-order valence-corrected chi connectivity index (χ2v) is 8.98. The molecular formula is C23H32N4. The van der Waals surface area contributed by atoms with Gasteiger partial charge in [-0.05, 0) is 80.8 Å². The van der Waals surface area contributed by atoms with Crippen LogP contribution < -0.4 is 4.90 Å². The Kier molecular flexibility index (Phi) is 4.68. The first kappa shape index (κ1) is 17.3. The first-order valence-electron chi connectivity index (χ1n) is 10.9. The van der Waals surface area contributed by atoms with Crippen LogP contribution in [0.1, 0.15) is 50.5 Å². The van der Waals surface area contributed by atoms with E-state index in [-0.39, 0.29) is 0 Å². The minimum atomic E-state index is 0.636. The normalized spacial score (nSPS) is 23.5. The summed E-state index contributed by atoms with van der Waals surface area (Å²) in [6, 6.07) is 12.0. The summed E-state index contributed by atoms with van der Waals surface area (Å²) in [7, 11) is 0. The fraction of sp³-hybridized carbons (Fsp3) is 0.609. The molecule has 0 N–H and O–H groups in total. The molecule has 27 heavy (non-hydrogen) atoms. The van der Waals surface area contributed by atoms with Gasteiger partial charge >= 0.3 is 0 Å². The lowest BCUT2D eigenvalue weighted by Gasteiger charge is -2.50. The van der Waals surface area contributed by atoms with Gasteiger partial charge in [0, 0.05) is 37.2 Å². The summed E-state index contributed by atoms with van der Waals surface area (Å²) in [5, 5.41) is 4.30. The van der Waals surface area contributed by atoms with E-state index in [0.29, 0.717) is 5.41 Å². The summed E-state index contributed by atoms with van der Waals surface area (Å²) in [5.74, 6) is 0. The van der Waals surface area contributed by atoms with Crippen LogP contribution in [0, 0.1) is 5.41 Å². The van der Waals surface area contributed by atoms with E-state index in [1.54, 1.807) is 0 Å². The van der Waals surface area contributed by atoms with Gasteiger partial charge in [-0.2, -0.15) is 5.10 Å². The maximum atomic E-state index is 4.30. The van der Waals surface area contributed by atoms with Crippen molar-refractivity contribution in [1.82, 2.24) is 14.7 Å². The molecule has 0 amide bonds. The Hall–Kier alpha value is -1.81. The summed E-state index contributed by atoms with van der Waals surface area (Å²) >= 11 is 0. The standard InChI is InChI=1S/C23H32N4/c1-3-21(4-1)25-15-9-23(10-16-25)11-17-26(18-12-23)22-7-5-20(6-8-22)19-27-14-2-13-24-27/h2,5-8,13-14,21H,1,3-4,9-12,15-19H2. The second kappa shape index (κ2) is 7.31. The monoisotopic (exact) mass is 364 g/mol. The molecule has 2 aliphatic heterocycles. The lowest BCUT2D eigenvalue weighted by atomic mass is 9.70. The van der Waals surface area contributed by atoms with E-state index in [1.165, 1.54) is 82.4 Å². The molecule has 2 saturated heterocycles. The van der Waals surface area contributed by atoms with Crippen molar-refractivity contribution in [1.29, 1.82) is 0 Å². The fourth-order valence-electron chi connectivity index (χ4n) is 5.25. The second-order valence-electron chi connectivity index (χ2n) is 8.98. The number of anilines is 1. The number of likely N-dealkylation sites (tertiary alicyclic amines) is 1. The minimum Gasteiger partial charge on any atom is -0.371 e. The zero-order chi connectivity index (χ0) is 18.1. The molecule has 1 aliphatic carbocycles. The van der Waals surface area contributed by atoms with Crippen LogP contribution >= 0.6 is 0 Å². The Bertz CT molecular complexity index is 714. The van der Waals surface area contributed by atoms with Crippen molar-refractivity contribution in [3.63, 3.8) is 0 Å². The number of hydrogen-bond donors (Lipinski definition) is 0. The van der Waals surface area contributed by atoms with Crippen molar-refractivity contribution in [3.05, 3.63) is 48.3 Å². The molecule has 0 radical (unpaired) electrons. The van der Waals surface area contributed by atoms with Gasteiger partial charge in [0.15, 0.2) is 0 Å². The highest BCUT2D eigenvalue weighted by Gasteiger charge is 2.39. The van der Waals surface area contributed by atoms with E-state index in [1.807, 2.05) is 23.1 Å². The molecule has 2 aromatic rings.